The van der Waals surface area contributed by atoms with Gasteiger partial charge in [0.15, 0.2) is 12.6 Å². The topological polar surface area (TPSA) is 228 Å². The Morgan fingerprint density at radius 3 is 2.02 bits per heavy atom. The maximum atomic E-state index is 12.4. The number of aliphatic hydroxyl groups excluding tert-OH is 8. The molecule has 14 nitrogen and oxygen atoms in total. The second kappa shape index (κ2) is 18.6. The number of nitrogens with one attached hydrogen (secondary N) is 1. The minimum absolute atomic E-state index is 0.251. The van der Waals surface area contributed by atoms with Gasteiger partial charge >= 0.3 is 0 Å². The lowest BCUT2D eigenvalue weighted by Crippen LogP contribution is -2.65. The van der Waals surface area contributed by atoms with Crippen molar-refractivity contribution in [1.82, 2.24) is 5.32 Å². The Hall–Kier alpha value is -1.01. The van der Waals surface area contributed by atoms with Gasteiger partial charge in [0, 0.05) is 6.42 Å². The van der Waals surface area contributed by atoms with Crippen molar-refractivity contribution in [2.45, 2.75) is 145 Å². The summed E-state index contributed by atoms with van der Waals surface area (Å²) in [6.45, 7) is 2.41. The second-order valence-electron chi connectivity index (χ2n) is 10.9. The van der Waals surface area contributed by atoms with Crippen molar-refractivity contribution < 1.29 is 64.6 Å². The fourth-order valence-electron chi connectivity index (χ4n) is 4.92. The summed E-state index contributed by atoms with van der Waals surface area (Å²) >= 11 is 0. The standard InChI is InChI=1S/C27H51NO13/c1-3-5-7-8-9-10-16(31)15(28-19(32)11-6-4-2)14-38-26-24(37)22(35)25(18(13-30)40-26)41-27-23(36)21(34)20(33)17(12-29)39-27/h15-18,20-27,29-31,33-37H,3-14H2,1-2H3,(H,28,32). The van der Waals surface area contributed by atoms with Gasteiger partial charge in [0.05, 0.1) is 32.0 Å². The van der Waals surface area contributed by atoms with Gasteiger partial charge in [0.1, 0.15) is 48.8 Å². The molecular formula is C27H51NO13. The zero-order valence-corrected chi connectivity index (χ0v) is 24.0. The molecule has 12 unspecified atom stereocenters. The van der Waals surface area contributed by atoms with Crippen molar-refractivity contribution in [3.8, 4) is 0 Å². The third kappa shape index (κ3) is 10.6. The van der Waals surface area contributed by atoms with Gasteiger partial charge in [-0.25, -0.2) is 0 Å². The molecule has 0 saturated carbocycles. The van der Waals surface area contributed by atoms with Crippen molar-refractivity contribution >= 4 is 5.91 Å². The van der Waals surface area contributed by atoms with E-state index in [9.17, 15) is 45.6 Å². The van der Waals surface area contributed by atoms with Crippen LogP contribution in [0.5, 0.6) is 0 Å². The Morgan fingerprint density at radius 1 is 0.780 bits per heavy atom. The van der Waals surface area contributed by atoms with Crippen LogP contribution in [-0.4, -0.2) is 140 Å². The van der Waals surface area contributed by atoms with E-state index in [1.807, 2.05) is 6.92 Å². The van der Waals surface area contributed by atoms with Crippen LogP contribution in [0.25, 0.3) is 0 Å². The first-order chi connectivity index (χ1) is 19.6. The molecule has 0 aliphatic carbocycles. The first kappa shape index (κ1) is 36.2. The summed E-state index contributed by atoms with van der Waals surface area (Å²) in [6.07, 6.45) is -9.48. The van der Waals surface area contributed by atoms with E-state index in [4.69, 9.17) is 18.9 Å². The summed E-state index contributed by atoms with van der Waals surface area (Å²) < 4.78 is 22.2. The molecule has 2 fully saturated rings. The van der Waals surface area contributed by atoms with Crippen molar-refractivity contribution in [1.29, 1.82) is 0 Å². The molecule has 1 amide bonds. The number of rotatable bonds is 18. The van der Waals surface area contributed by atoms with Gasteiger partial charge in [-0.1, -0.05) is 52.4 Å². The summed E-state index contributed by atoms with van der Waals surface area (Å²) in [4.78, 5) is 12.4. The normalized spacial score (nSPS) is 35.7. The highest BCUT2D eigenvalue weighted by Crippen LogP contribution is 2.29. The molecular weight excluding hydrogens is 546 g/mol. The second-order valence-corrected chi connectivity index (χ2v) is 10.9. The van der Waals surface area contributed by atoms with E-state index < -0.39 is 86.8 Å². The van der Waals surface area contributed by atoms with Crippen LogP contribution in [0, 0.1) is 0 Å². The predicted molar refractivity (Wildman–Crippen MR) is 143 cm³/mol. The molecule has 0 radical (unpaired) electrons. The van der Waals surface area contributed by atoms with E-state index in [-0.39, 0.29) is 18.9 Å². The number of hydrogen-bond acceptors (Lipinski definition) is 13. The summed E-state index contributed by atoms with van der Waals surface area (Å²) in [5.41, 5.74) is 0. The van der Waals surface area contributed by atoms with Crippen LogP contribution in [0.15, 0.2) is 0 Å². The Bertz CT molecular complexity index is 729. The number of ether oxygens (including phenoxy) is 4. The first-order valence-corrected chi connectivity index (χ1v) is 14.8. The van der Waals surface area contributed by atoms with E-state index in [0.717, 1.165) is 38.5 Å². The van der Waals surface area contributed by atoms with E-state index in [1.54, 1.807) is 0 Å². The van der Waals surface area contributed by atoms with Gasteiger partial charge in [-0.15, -0.1) is 0 Å². The van der Waals surface area contributed by atoms with Crippen molar-refractivity contribution in [2.75, 3.05) is 19.8 Å². The molecule has 12 atom stereocenters. The Kier molecular flexibility index (Phi) is 16.4. The quantitative estimate of drug-likeness (QED) is 0.0782. The fourth-order valence-corrected chi connectivity index (χ4v) is 4.92. The minimum Gasteiger partial charge on any atom is -0.394 e. The van der Waals surface area contributed by atoms with Gasteiger partial charge in [0.25, 0.3) is 0 Å². The van der Waals surface area contributed by atoms with E-state index in [1.165, 1.54) is 0 Å². The summed E-state index contributed by atoms with van der Waals surface area (Å²) in [7, 11) is 0. The van der Waals surface area contributed by atoms with Crippen LogP contribution in [0.2, 0.25) is 0 Å². The van der Waals surface area contributed by atoms with Crippen LogP contribution < -0.4 is 5.32 Å². The monoisotopic (exact) mass is 597 g/mol. The average Bonchev–Trinajstić information content (AvgIpc) is 2.96. The molecule has 0 aromatic heterocycles. The van der Waals surface area contributed by atoms with Crippen LogP contribution in [-0.2, 0) is 23.7 Å². The third-order valence-electron chi connectivity index (χ3n) is 7.57. The molecule has 41 heavy (non-hydrogen) atoms. The smallest absolute Gasteiger partial charge is 0.220 e. The SMILES string of the molecule is CCCCCCCC(O)C(COC1OC(CO)C(OC2OC(CO)C(O)C(O)C2O)C(O)C1O)NC(=O)CCCC. The molecule has 0 aromatic rings. The Balaban J connectivity index is 2.03. The van der Waals surface area contributed by atoms with Crippen molar-refractivity contribution in [2.24, 2.45) is 0 Å². The number of carbonyl (C=O) groups is 1. The van der Waals surface area contributed by atoms with Gasteiger partial charge in [0.2, 0.25) is 5.91 Å². The average molecular weight is 598 g/mol. The molecule has 0 spiro atoms. The maximum Gasteiger partial charge on any atom is 0.220 e. The van der Waals surface area contributed by atoms with Crippen LogP contribution >= 0.6 is 0 Å². The van der Waals surface area contributed by atoms with E-state index >= 15 is 0 Å². The van der Waals surface area contributed by atoms with Gasteiger partial charge < -0.3 is 65.1 Å². The Morgan fingerprint density at radius 2 is 1.39 bits per heavy atom. The predicted octanol–water partition coefficient (Wildman–Crippen LogP) is -1.98. The zero-order chi connectivity index (χ0) is 30.5. The molecule has 2 aliphatic heterocycles. The lowest BCUT2D eigenvalue weighted by molar-refractivity contribution is -0.359. The summed E-state index contributed by atoms with van der Waals surface area (Å²) in [6, 6.07) is -0.811. The molecule has 2 rings (SSSR count). The highest BCUT2D eigenvalue weighted by Gasteiger charge is 2.50. The van der Waals surface area contributed by atoms with Crippen LogP contribution in [0.1, 0.15) is 71.6 Å². The van der Waals surface area contributed by atoms with E-state index in [0.29, 0.717) is 12.8 Å². The molecule has 0 bridgehead atoms. The fraction of sp³-hybridized carbons (Fsp3) is 0.963. The van der Waals surface area contributed by atoms with Crippen molar-refractivity contribution in [3.05, 3.63) is 0 Å². The lowest BCUT2D eigenvalue weighted by atomic mass is 9.97. The van der Waals surface area contributed by atoms with Gasteiger partial charge in [-0.05, 0) is 12.8 Å². The maximum absolute atomic E-state index is 12.4. The molecule has 9 N–H and O–H groups in total. The summed E-state index contributed by atoms with van der Waals surface area (Å²) in [5, 5.41) is 84.7. The number of hydrogen-bond donors (Lipinski definition) is 9. The van der Waals surface area contributed by atoms with Gasteiger partial charge in [-0.2, -0.15) is 0 Å². The van der Waals surface area contributed by atoms with Crippen LogP contribution in [0.3, 0.4) is 0 Å². The molecule has 2 saturated heterocycles. The largest absolute Gasteiger partial charge is 0.394 e. The summed E-state index contributed by atoms with van der Waals surface area (Å²) in [5.74, 6) is -0.253. The molecule has 2 aliphatic rings. The zero-order valence-electron chi connectivity index (χ0n) is 24.0. The van der Waals surface area contributed by atoms with Crippen LogP contribution in [0.4, 0.5) is 0 Å². The number of aliphatic hydroxyl groups is 8. The lowest BCUT2D eigenvalue weighted by Gasteiger charge is -2.46. The Labute approximate surface area is 241 Å². The minimum atomic E-state index is -1.77. The molecule has 2 heterocycles. The molecule has 0 aromatic carbocycles. The highest BCUT2D eigenvalue weighted by atomic mass is 16.7. The van der Waals surface area contributed by atoms with Crippen molar-refractivity contribution in [3.63, 3.8) is 0 Å². The van der Waals surface area contributed by atoms with Gasteiger partial charge in [-0.3, -0.25) is 4.79 Å². The highest BCUT2D eigenvalue weighted by molar-refractivity contribution is 5.76. The first-order valence-electron chi connectivity index (χ1n) is 14.8. The van der Waals surface area contributed by atoms with E-state index in [2.05, 4.69) is 12.2 Å². The number of unbranched alkanes of at least 4 members (excludes halogenated alkanes) is 5. The molecule has 242 valence electrons. The molecule has 14 heteroatoms. The number of amides is 1. The third-order valence-corrected chi connectivity index (χ3v) is 7.57. The number of carbonyl (C=O) groups excluding carboxylic acids is 1.